The second-order valence-electron chi connectivity index (χ2n) is 5.35. The summed E-state index contributed by atoms with van der Waals surface area (Å²) in [5, 5.41) is 3.03. The Labute approximate surface area is 115 Å². The van der Waals surface area contributed by atoms with E-state index in [0.717, 1.165) is 18.5 Å². The van der Waals surface area contributed by atoms with Crippen molar-refractivity contribution in [1.82, 2.24) is 10.3 Å². The van der Waals surface area contributed by atoms with Gasteiger partial charge < -0.3 is 15.8 Å². The van der Waals surface area contributed by atoms with Crippen molar-refractivity contribution in [1.29, 1.82) is 0 Å². The van der Waals surface area contributed by atoms with E-state index in [2.05, 4.69) is 22.2 Å². The van der Waals surface area contributed by atoms with Gasteiger partial charge in [0.1, 0.15) is 5.60 Å². The van der Waals surface area contributed by atoms with Gasteiger partial charge in [0.2, 0.25) is 5.88 Å². The van der Waals surface area contributed by atoms with Crippen LogP contribution in [-0.2, 0) is 6.54 Å². The number of ether oxygens (including phenoxy) is 1. The van der Waals surface area contributed by atoms with Crippen LogP contribution >= 0.6 is 0 Å². The Balaban J connectivity index is 2.53. The number of rotatable bonds is 5. The number of nitrogens with two attached hydrogens (primary N) is 1. The quantitative estimate of drug-likeness (QED) is 0.631. The average molecular weight is 264 g/mol. The summed E-state index contributed by atoms with van der Waals surface area (Å²) in [6, 6.07) is 3.80. The third kappa shape index (κ3) is 6.64. The molecule has 0 fully saturated rings. The zero-order valence-corrected chi connectivity index (χ0v) is 12.2. The summed E-state index contributed by atoms with van der Waals surface area (Å²) < 4.78 is 5.65. The highest BCUT2D eigenvalue weighted by Crippen LogP contribution is 2.15. The Bertz CT molecular complexity index is 406. The molecule has 5 heteroatoms. The van der Waals surface area contributed by atoms with Gasteiger partial charge in [0.05, 0.1) is 6.54 Å². The SMILES string of the molecule is CCCNC(N)=NCc1ccc(OC(C)(C)C)nc1. The highest BCUT2D eigenvalue weighted by Gasteiger charge is 2.12. The number of nitrogens with one attached hydrogen (secondary N) is 1. The maximum Gasteiger partial charge on any atom is 0.213 e. The van der Waals surface area contributed by atoms with Crippen molar-refractivity contribution < 1.29 is 4.74 Å². The monoisotopic (exact) mass is 264 g/mol. The maximum atomic E-state index is 5.71. The lowest BCUT2D eigenvalue weighted by Gasteiger charge is -2.20. The number of hydrogen-bond acceptors (Lipinski definition) is 3. The van der Waals surface area contributed by atoms with Gasteiger partial charge in [0.25, 0.3) is 0 Å². The van der Waals surface area contributed by atoms with Gasteiger partial charge in [-0.3, -0.25) is 0 Å². The molecule has 3 N–H and O–H groups in total. The summed E-state index contributed by atoms with van der Waals surface area (Å²) in [7, 11) is 0. The molecular formula is C14H24N4O. The molecule has 1 rings (SSSR count). The number of aromatic nitrogens is 1. The molecule has 1 aromatic heterocycles. The first-order valence-electron chi connectivity index (χ1n) is 6.58. The summed E-state index contributed by atoms with van der Waals surface area (Å²) in [5.74, 6) is 1.09. The van der Waals surface area contributed by atoms with Crippen LogP contribution in [0.25, 0.3) is 0 Å². The normalized spacial score (nSPS) is 12.3. The minimum atomic E-state index is -0.235. The number of hydrogen-bond donors (Lipinski definition) is 2. The predicted octanol–water partition coefficient (Wildman–Crippen LogP) is 2.07. The van der Waals surface area contributed by atoms with Gasteiger partial charge in [0.15, 0.2) is 5.96 Å². The molecule has 5 nitrogen and oxygen atoms in total. The molecule has 0 aliphatic rings. The van der Waals surface area contributed by atoms with Crippen molar-refractivity contribution >= 4 is 5.96 Å². The first-order valence-corrected chi connectivity index (χ1v) is 6.58. The molecule has 0 atom stereocenters. The third-order valence-electron chi connectivity index (χ3n) is 2.20. The van der Waals surface area contributed by atoms with E-state index < -0.39 is 0 Å². The lowest BCUT2D eigenvalue weighted by Crippen LogP contribution is -2.32. The van der Waals surface area contributed by atoms with Crippen molar-refractivity contribution in [3.8, 4) is 5.88 Å². The zero-order valence-electron chi connectivity index (χ0n) is 12.2. The van der Waals surface area contributed by atoms with Gasteiger partial charge >= 0.3 is 0 Å². The summed E-state index contributed by atoms with van der Waals surface area (Å²) in [5.41, 5.74) is 6.48. The minimum Gasteiger partial charge on any atom is -0.472 e. The minimum absolute atomic E-state index is 0.235. The molecule has 0 spiro atoms. The van der Waals surface area contributed by atoms with E-state index in [-0.39, 0.29) is 5.60 Å². The molecule has 0 aliphatic heterocycles. The molecule has 0 unspecified atom stereocenters. The first kappa shape index (κ1) is 15.3. The molecule has 0 aromatic carbocycles. The Morgan fingerprint density at radius 1 is 1.42 bits per heavy atom. The third-order valence-corrected chi connectivity index (χ3v) is 2.20. The van der Waals surface area contributed by atoms with E-state index in [1.165, 1.54) is 0 Å². The van der Waals surface area contributed by atoms with Crippen LogP contribution in [0.5, 0.6) is 5.88 Å². The zero-order chi connectivity index (χ0) is 14.3. The van der Waals surface area contributed by atoms with E-state index in [1.54, 1.807) is 6.20 Å². The number of guanidine groups is 1. The van der Waals surface area contributed by atoms with Crippen LogP contribution in [0.2, 0.25) is 0 Å². The van der Waals surface area contributed by atoms with Crippen LogP contribution in [-0.4, -0.2) is 23.1 Å². The van der Waals surface area contributed by atoms with Crippen LogP contribution in [0.4, 0.5) is 0 Å². The smallest absolute Gasteiger partial charge is 0.213 e. The Morgan fingerprint density at radius 3 is 2.68 bits per heavy atom. The average Bonchev–Trinajstić information content (AvgIpc) is 2.33. The van der Waals surface area contributed by atoms with Gasteiger partial charge in [0, 0.05) is 18.8 Å². The highest BCUT2D eigenvalue weighted by molar-refractivity contribution is 5.77. The second kappa shape index (κ2) is 6.97. The van der Waals surface area contributed by atoms with E-state index in [1.807, 2.05) is 32.9 Å². The maximum absolute atomic E-state index is 5.71. The Kier molecular flexibility index (Phi) is 5.60. The Hall–Kier alpha value is -1.78. The fourth-order valence-electron chi connectivity index (χ4n) is 1.36. The Morgan fingerprint density at radius 2 is 2.16 bits per heavy atom. The standard InChI is InChI=1S/C14H24N4O/c1-5-8-16-13(15)18-10-11-6-7-12(17-9-11)19-14(2,3)4/h6-7,9H,5,8,10H2,1-4H3,(H3,15,16,18). The van der Waals surface area contributed by atoms with Gasteiger partial charge in [-0.05, 0) is 32.8 Å². The van der Waals surface area contributed by atoms with Crippen LogP contribution in [0.1, 0.15) is 39.7 Å². The molecule has 0 radical (unpaired) electrons. The fourth-order valence-corrected chi connectivity index (χ4v) is 1.36. The van der Waals surface area contributed by atoms with Crippen molar-refractivity contribution in [2.24, 2.45) is 10.7 Å². The molecule has 0 bridgehead atoms. The number of aliphatic imine (C=N–C) groups is 1. The highest BCUT2D eigenvalue weighted by atomic mass is 16.5. The van der Waals surface area contributed by atoms with E-state index >= 15 is 0 Å². The van der Waals surface area contributed by atoms with Gasteiger partial charge in [-0.1, -0.05) is 13.0 Å². The van der Waals surface area contributed by atoms with Crippen molar-refractivity contribution in [3.63, 3.8) is 0 Å². The number of nitrogens with zero attached hydrogens (tertiary/aromatic N) is 2. The van der Waals surface area contributed by atoms with Gasteiger partial charge in [-0.25, -0.2) is 9.98 Å². The van der Waals surface area contributed by atoms with Crippen LogP contribution < -0.4 is 15.8 Å². The molecule has 0 amide bonds. The second-order valence-corrected chi connectivity index (χ2v) is 5.35. The van der Waals surface area contributed by atoms with Crippen LogP contribution in [0, 0.1) is 0 Å². The van der Waals surface area contributed by atoms with Crippen LogP contribution in [0.3, 0.4) is 0 Å². The summed E-state index contributed by atoms with van der Waals surface area (Å²) in [6.45, 7) is 9.42. The molecule has 0 aliphatic carbocycles. The largest absolute Gasteiger partial charge is 0.472 e. The van der Waals surface area contributed by atoms with Gasteiger partial charge in [-0.15, -0.1) is 0 Å². The van der Waals surface area contributed by atoms with Gasteiger partial charge in [-0.2, -0.15) is 0 Å². The van der Waals surface area contributed by atoms with Crippen molar-refractivity contribution in [2.45, 2.75) is 46.3 Å². The predicted molar refractivity (Wildman–Crippen MR) is 78.2 cm³/mol. The summed E-state index contributed by atoms with van der Waals surface area (Å²) >= 11 is 0. The molecule has 1 aromatic rings. The van der Waals surface area contributed by atoms with E-state index in [9.17, 15) is 0 Å². The molecule has 0 saturated heterocycles. The van der Waals surface area contributed by atoms with E-state index in [4.69, 9.17) is 10.5 Å². The molecule has 0 saturated carbocycles. The van der Waals surface area contributed by atoms with Crippen molar-refractivity contribution in [3.05, 3.63) is 23.9 Å². The summed E-state index contributed by atoms with van der Waals surface area (Å²) in [4.78, 5) is 8.49. The van der Waals surface area contributed by atoms with Crippen molar-refractivity contribution in [2.75, 3.05) is 6.54 Å². The molecular weight excluding hydrogens is 240 g/mol. The summed E-state index contributed by atoms with van der Waals surface area (Å²) in [6.07, 6.45) is 2.79. The molecule has 1 heterocycles. The molecule has 106 valence electrons. The van der Waals surface area contributed by atoms with Crippen LogP contribution in [0.15, 0.2) is 23.3 Å². The number of pyridine rings is 1. The fraction of sp³-hybridized carbons (Fsp3) is 0.571. The topological polar surface area (TPSA) is 72.5 Å². The van der Waals surface area contributed by atoms with E-state index in [0.29, 0.717) is 18.4 Å². The first-order chi connectivity index (χ1) is 8.90. The molecule has 19 heavy (non-hydrogen) atoms. The lowest BCUT2D eigenvalue weighted by atomic mass is 10.2. The lowest BCUT2D eigenvalue weighted by molar-refractivity contribution is 0.124.